The first-order valence-corrected chi connectivity index (χ1v) is 7.82. The average Bonchev–Trinajstić information content (AvgIpc) is 2.91. The molecule has 98 valence electrons. The lowest BCUT2D eigenvalue weighted by Crippen LogP contribution is -2.23. The van der Waals surface area contributed by atoms with Crippen molar-refractivity contribution in [1.29, 1.82) is 5.26 Å². The summed E-state index contributed by atoms with van der Waals surface area (Å²) in [6.07, 6.45) is 1.90. The number of nitrogens with zero attached hydrogens (tertiary/aromatic N) is 2. The first-order chi connectivity index (χ1) is 9.12. The Hall–Kier alpha value is -1.75. The molecule has 0 radical (unpaired) electrons. The smallest absolute Gasteiger partial charge is 0.240 e. The van der Waals surface area contributed by atoms with Gasteiger partial charge in [-0.15, -0.1) is 11.3 Å². The van der Waals surface area contributed by atoms with Crippen LogP contribution in [0.2, 0.25) is 0 Å². The molecule has 5 nitrogen and oxygen atoms in total. The number of nitrogens with one attached hydrogen (secondary N) is 1. The molecule has 7 heteroatoms. The Bertz CT molecular complexity index is 671. The highest BCUT2D eigenvalue weighted by molar-refractivity contribution is 7.89. The number of rotatable bonds is 5. The summed E-state index contributed by atoms with van der Waals surface area (Å²) in [5.74, 6) is 0. The molecule has 0 aliphatic heterocycles. The first-order valence-electron chi connectivity index (χ1n) is 5.46. The predicted octanol–water partition coefficient (Wildman–Crippen LogP) is 1.69. The molecule has 1 aromatic carbocycles. The molecular formula is C12H11N3O2S2. The molecule has 19 heavy (non-hydrogen) atoms. The summed E-state index contributed by atoms with van der Waals surface area (Å²) in [7, 11) is -3.53. The van der Waals surface area contributed by atoms with Crippen LogP contribution in [0.25, 0.3) is 0 Å². The second-order valence-corrected chi connectivity index (χ2v) is 6.48. The highest BCUT2D eigenvalue weighted by atomic mass is 32.2. The van der Waals surface area contributed by atoms with Gasteiger partial charge in [0.15, 0.2) is 0 Å². The van der Waals surface area contributed by atoms with Crippen molar-refractivity contribution >= 4 is 21.4 Å². The van der Waals surface area contributed by atoms with E-state index in [1.54, 1.807) is 23.7 Å². The lowest BCUT2D eigenvalue weighted by molar-refractivity contribution is 0.581. The zero-order chi connectivity index (χ0) is 13.7. The molecule has 1 aromatic heterocycles. The lowest BCUT2D eigenvalue weighted by Gasteiger charge is -2.05. The number of sulfonamides is 1. The monoisotopic (exact) mass is 293 g/mol. The fourth-order valence-corrected chi connectivity index (χ4v) is 3.09. The van der Waals surface area contributed by atoms with E-state index in [-0.39, 0.29) is 17.9 Å². The number of nitriles is 1. The molecule has 0 atom stereocenters. The average molecular weight is 293 g/mol. The van der Waals surface area contributed by atoms with E-state index in [2.05, 4.69) is 9.71 Å². The standard InChI is InChI=1S/C12H11N3O2S2/c13-6-5-10-1-3-11(4-2-10)19(16,17)15-9-12-14-7-8-18-12/h1-4,7-8,15H,5,9H2. The van der Waals surface area contributed by atoms with E-state index in [0.717, 1.165) is 5.56 Å². The van der Waals surface area contributed by atoms with E-state index in [1.807, 2.05) is 6.07 Å². The van der Waals surface area contributed by atoms with Gasteiger partial charge in [0.05, 0.1) is 23.9 Å². The summed E-state index contributed by atoms with van der Waals surface area (Å²) in [4.78, 5) is 4.19. The van der Waals surface area contributed by atoms with Crippen molar-refractivity contribution < 1.29 is 8.42 Å². The maximum atomic E-state index is 12.0. The Morgan fingerprint density at radius 1 is 1.32 bits per heavy atom. The molecule has 0 aliphatic carbocycles. The molecular weight excluding hydrogens is 282 g/mol. The molecule has 0 saturated carbocycles. The summed E-state index contributed by atoms with van der Waals surface area (Å²) >= 11 is 1.39. The first kappa shape index (κ1) is 13.7. The Kier molecular flexibility index (Phi) is 4.27. The van der Waals surface area contributed by atoms with Gasteiger partial charge in [-0.3, -0.25) is 0 Å². The third-order valence-corrected chi connectivity index (χ3v) is 4.61. The van der Waals surface area contributed by atoms with Crippen molar-refractivity contribution in [3.05, 3.63) is 46.4 Å². The van der Waals surface area contributed by atoms with Gasteiger partial charge in [-0.2, -0.15) is 5.26 Å². The van der Waals surface area contributed by atoms with Gasteiger partial charge in [0.2, 0.25) is 10.0 Å². The zero-order valence-corrected chi connectivity index (χ0v) is 11.5. The van der Waals surface area contributed by atoms with E-state index >= 15 is 0 Å². The van der Waals surface area contributed by atoms with E-state index < -0.39 is 10.0 Å². The van der Waals surface area contributed by atoms with Gasteiger partial charge in [-0.1, -0.05) is 12.1 Å². The lowest BCUT2D eigenvalue weighted by atomic mass is 10.2. The highest BCUT2D eigenvalue weighted by Crippen LogP contribution is 2.12. The fourth-order valence-electron chi connectivity index (χ4n) is 1.46. The molecule has 1 N–H and O–H groups in total. The number of thiazole rings is 1. The van der Waals surface area contributed by atoms with E-state index in [4.69, 9.17) is 5.26 Å². The van der Waals surface area contributed by atoms with Crippen LogP contribution in [-0.2, 0) is 23.0 Å². The van der Waals surface area contributed by atoms with Gasteiger partial charge in [0.1, 0.15) is 5.01 Å². The largest absolute Gasteiger partial charge is 0.248 e. The maximum Gasteiger partial charge on any atom is 0.240 e. The van der Waals surface area contributed by atoms with E-state index in [1.165, 1.54) is 23.5 Å². The van der Waals surface area contributed by atoms with Crippen molar-refractivity contribution in [2.45, 2.75) is 17.9 Å². The molecule has 0 unspecified atom stereocenters. The van der Waals surface area contributed by atoms with E-state index in [9.17, 15) is 8.42 Å². The number of hydrogen-bond donors (Lipinski definition) is 1. The summed E-state index contributed by atoms with van der Waals surface area (Å²) in [6.45, 7) is 0.181. The summed E-state index contributed by atoms with van der Waals surface area (Å²) in [5, 5.41) is 11.1. The molecule has 0 spiro atoms. The minimum Gasteiger partial charge on any atom is -0.248 e. The minimum absolute atomic E-state index is 0.181. The third-order valence-electron chi connectivity index (χ3n) is 2.41. The van der Waals surface area contributed by atoms with Crippen molar-refractivity contribution in [3.63, 3.8) is 0 Å². The molecule has 0 amide bonds. The molecule has 0 fully saturated rings. The van der Waals surface area contributed by atoms with Gasteiger partial charge in [-0.05, 0) is 17.7 Å². The molecule has 2 rings (SSSR count). The predicted molar refractivity (Wildman–Crippen MR) is 71.9 cm³/mol. The van der Waals surface area contributed by atoms with Crippen LogP contribution >= 0.6 is 11.3 Å². The van der Waals surface area contributed by atoms with Crippen LogP contribution in [0.4, 0.5) is 0 Å². The van der Waals surface area contributed by atoms with Gasteiger partial charge in [0.25, 0.3) is 0 Å². The summed E-state index contributed by atoms with van der Waals surface area (Å²) in [6, 6.07) is 8.29. The SMILES string of the molecule is N#CCc1ccc(S(=O)(=O)NCc2nccs2)cc1. The highest BCUT2D eigenvalue weighted by Gasteiger charge is 2.13. The molecule has 2 aromatic rings. The number of benzene rings is 1. The number of aromatic nitrogens is 1. The van der Waals surface area contributed by atoms with Crippen LogP contribution in [0.3, 0.4) is 0 Å². The van der Waals surface area contributed by atoms with Gasteiger partial charge >= 0.3 is 0 Å². The molecule has 0 bridgehead atoms. The van der Waals surface area contributed by atoms with Gasteiger partial charge < -0.3 is 0 Å². The Morgan fingerprint density at radius 2 is 2.05 bits per heavy atom. The van der Waals surface area contributed by atoms with Crippen LogP contribution in [0.1, 0.15) is 10.6 Å². The van der Waals surface area contributed by atoms with Gasteiger partial charge in [0, 0.05) is 11.6 Å². The van der Waals surface area contributed by atoms with E-state index in [0.29, 0.717) is 5.01 Å². The Balaban J connectivity index is 2.09. The Labute approximate surface area is 115 Å². The van der Waals surface area contributed by atoms with Crippen molar-refractivity contribution in [1.82, 2.24) is 9.71 Å². The zero-order valence-electron chi connectivity index (χ0n) is 9.91. The molecule has 0 saturated heterocycles. The van der Waals surface area contributed by atoms with Crippen molar-refractivity contribution in [3.8, 4) is 6.07 Å². The van der Waals surface area contributed by atoms with Crippen LogP contribution in [-0.4, -0.2) is 13.4 Å². The van der Waals surface area contributed by atoms with Crippen molar-refractivity contribution in [2.24, 2.45) is 0 Å². The topological polar surface area (TPSA) is 82.8 Å². The normalized spacial score (nSPS) is 11.1. The molecule has 1 heterocycles. The quantitative estimate of drug-likeness (QED) is 0.909. The van der Waals surface area contributed by atoms with Gasteiger partial charge in [-0.25, -0.2) is 18.1 Å². The van der Waals surface area contributed by atoms with Crippen LogP contribution in [0.15, 0.2) is 40.7 Å². The third kappa shape index (κ3) is 3.61. The second-order valence-electron chi connectivity index (χ2n) is 3.73. The number of hydrogen-bond acceptors (Lipinski definition) is 5. The second kappa shape index (κ2) is 5.93. The van der Waals surface area contributed by atoms with Crippen LogP contribution in [0.5, 0.6) is 0 Å². The Morgan fingerprint density at radius 3 is 2.63 bits per heavy atom. The summed E-state index contributed by atoms with van der Waals surface area (Å²) in [5.41, 5.74) is 0.793. The van der Waals surface area contributed by atoms with Crippen LogP contribution < -0.4 is 4.72 Å². The van der Waals surface area contributed by atoms with Crippen molar-refractivity contribution in [2.75, 3.05) is 0 Å². The fraction of sp³-hybridized carbons (Fsp3) is 0.167. The summed E-state index contributed by atoms with van der Waals surface area (Å²) < 4.78 is 26.5. The van der Waals surface area contributed by atoms with Crippen LogP contribution in [0, 0.1) is 11.3 Å². The minimum atomic E-state index is -3.53. The molecule has 0 aliphatic rings. The maximum absolute atomic E-state index is 12.0.